The predicted molar refractivity (Wildman–Crippen MR) is 143 cm³/mol. The van der Waals surface area contributed by atoms with E-state index in [1.165, 1.54) is 4.31 Å². The zero-order chi connectivity index (χ0) is 25.8. The molecule has 0 unspecified atom stereocenters. The van der Waals surface area contributed by atoms with Crippen molar-refractivity contribution in [2.45, 2.75) is 72.4 Å². The largest absolute Gasteiger partial charge is 0.505 e. The molecule has 1 atom stereocenters. The molecule has 0 spiro atoms. The maximum atomic E-state index is 12.6. The van der Waals surface area contributed by atoms with E-state index in [1.807, 2.05) is 70.2 Å². The van der Waals surface area contributed by atoms with Crippen LogP contribution in [0.25, 0.3) is 0 Å². The first kappa shape index (κ1) is 28.7. The molecule has 0 bridgehead atoms. The number of carbonyl (C=O) groups is 1. The van der Waals surface area contributed by atoms with Gasteiger partial charge in [0.2, 0.25) is 15.9 Å². The molecule has 0 heterocycles. The smallest absolute Gasteiger partial charge is 0.221 e. The van der Waals surface area contributed by atoms with Crippen LogP contribution in [0.15, 0.2) is 42.5 Å². The number of carbonyl (C=O) groups excluding carboxylic acids is 1. The Labute approximate surface area is 211 Å². The number of aryl methyl sites for hydroxylation is 1. The molecule has 0 aliphatic rings. The Morgan fingerprint density at radius 2 is 1.69 bits per heavy atom. The fourth-order valence-electron chi connectivity index (χ4n) is 4.01. The molecule has 0 radical (unpaired) electrons. The van der Waals surface area contributed by atoms with Crippen LogP contribution in [0.2, 0.25) is 0 Å². The Morgan fingerprint density at radius 3 is 2.29 bits per heavy atom. The number of benzene rings is 2. The summed E-state index contributed by atoms with van der Waals surface area (Å²) >= 11 is 0. The number of anilines is 1. The number of sulfonamides is 1. The molecule has 2 rings (SSSR count). The average Bonchev–Trinajstić information content (AvgIpc) is 2.84. The van der Waals surface area contributed by atoms with Crippen molar-refractivity contribution in [1.82, 2.24) is 9.62 Å². The molecule has 0 saturated heterocycles. The van der Waals surface area contributed by atoms with Crippen LogP contribution in [0.4, 0.5) is 5.69 Å². The van der Waals surface area contributed by atoms with E-state index in [4.69, 9.17) is 0 Å². The van der Waals surface area contributed by atoms with Gasteiger partial charge in [-0.05, 0) is 49.3 Å². The van der Waals surface area contributed by atoms with Crippen molar-refractivity contribution >= 4 is 21.6 Å². The van der Waals surface area contributed by atoms with E-state index in [1.54, 1.807) is 0 Å². The maximum absolute atomic E-state index is 12.6. The fourth-order valence-corrected chi connectivity index (χ4v) is 5.63. The molecule has 0 aromatic heterocycles. The third-order valence-electron chi connectivity index (χ3n) is 6.03. The zero-order valence-electron chi connectivity index (χ0n) is 21.5. The molecule has 35 heavy (non-hydrogen) atoms. The van der Waals surface area contributed by atoms with Gasteiger partial charge in [-0.25, -0.2) is 12.7 Å². The third kappa shape index (κ3) is 8.85. The fraction of sp³-hybridized carbons (Fsp3) is 0.519. The van der Waals surface area contributed by atoms with Crippen LogP contribution in [-0.4, -0.2) is 48.6 Å². The highest BCUT2D eigenvalue weighted by atomic mass is 32.2. The lowest BCUT2D eigenvalue weighted by atomic mass is 9.99. The summed E-state index contributed by atoms with van der Waals surface area (Å²) in [6.45, 7) is 9.34. The van der Waals surface area contributed by atoms with E-state index >= 15 is 0 Å². The number of phenolic OH excluding ortho intramolecular Hbond substituents is 1. The van der Waals surface area contributed by atoms with Gasteiger partial charge in [0.25, 0.3) is 0 Å². The minimum atomic E-state index is -3.47. The van der Waals surface area contributed by atoms with E-state index < -0.39 is 10.0 Å². The van der Waals surface area contributed by atoms with Gasteiger partial charge in [-0.1, -0.05) is 63.2 Å². The zero-order valence-corrected chi connectivity index (χ0v) is 22.3. The quantitative estimate of drug-likeness (QED) is 0.309. The van der Waals surface area contributed by atoms with Crippen molar-refractivity contribution in [3.05, 3.63) is 59.2 Å². The van der Waals surface area contributed by atoms with E-state index in [0.29, 0.717) is 38.2 Å². The Hall–Kier alpha value is -2.58. The van der Waals surface area contributed by atoms with Gasteiger partial charge in [-0.2, -0.15) is 0 Å². The second-order valence-electron chi connectivity index (χ2n) is 8.95. The highest BCUT2D eigenvalue weighted by Crippen LogP contribution is 2.32. The van der Waals surface area contributed by atoms with Crippen LogP contribution in [-0.2, 0) is 27.8 Å². The molecule has 8 heteroatoms. The molecule has 3 N–H and O–H groups in total. The van der Waals surface area contributed by atoms with Gasteiger partial charge in [0.15, 0.2) is 0 Å². The van der Waals surface area contributed by atoms with Crippen LogP contribution >= 0.6 is 0 Å². The number of hydrogen-bond acceptors (Lipinski definition) is 5. The highest BCUT2D eigenvalue weighted by Gasteiger charge is 2.23. The van der Waals surface area contributed by atoms with E-state index in [0.717, 1.165) is 29.5 Å². The Balaban J connectivity index is 2.00. The Bertz CT molecular complexity index is 1040. The summed E-state index contributed by atoms with van der Waals surface area (Å²) in [5, 5.41) is 17.2. The second-order valence-corrected chi connectivity index (χ2v) is 11.0. The molecule has 0 aliphatic heterocycles. The Morgan fingerprint density at radius 1 is 1.03 bits per heavy atom. The van der Waals surface area contributed by atoms with Gasteiger partial charge in [0.1, 0.15) is 5.75 Å². The third-order valence-corrected chi connectivity index (χ3v) is 7.90. The van der Waals surface area contributed by atoms with Crippen LogP contribution < -0.4 is 10.6 Å². The minimum absolute atomic E-state index is 0.0769. The number of rotatable bonds is 15. The van der Waals surface area contributed by atoms with Gasteiger partial charge in [-0.15, -0.1) is 0 Å². The summed E-state index contributed by atoms with van der Waals surface area (Å²) in [7, 11) is -3.47. The maximum Gasteiger partial charge on any atom is 0.221 e. The number of amides is 1. The van der Waals surface area contributed by atoms with Crippen molar-refractivity contribution in [2.75, 3.05) is 24.2 Å². The molecule has 2 aromatic carbocycles. The van der Waals surface area contributed by atoms with Crippen LogP contribution in [0.3, 0.4) is 0 Å². The van der Waals surface area contributed by atoms with Gasteiger partial charge >= 0.3 is 0 Å². The van der Waals surface area contributed by atoms with E-state index in [9.17, 15) is 18.3 Å². The normalized spacial score (nSPS) is 12.5. The SMILES string of the molecule is CCCN(CCC)S(=O)(=O)CCC(=O)N[C@@H](CC)Cc1ccc(C)c(NCc2ccccc2)c1O. The predicted octanol–water partition coefficient (Wildman–Crippen LogP) is 4.59. The van der Waals surface area contributed by atoms with Crippen molar-refractivity contribution in [1.29, 1.82) is 0 Å². The molecular formula is C27H41N3O4S. The first-order chi connectivity index (χ1) is 16.7. The first-order valence-electron chi connectivity index (χ1n) is 12.6. The minimum Gasteiger partial charge on any atom is -0.505 e. The highest BCUT2D eigenvalue weighted by molar-refractivity contribution is 7.89. The van der Waals surface area contributed by atoms with Crippen molar-refractivity contribution in [3.63, 3.8) is 0 Å². The lowest BCUT2D eigenvalue weighted by Crippen LogP contribution is -2.39. The molecular weight excluding hydrogens is 462 g/mol. The molecule has 0 saturated carbocycles. The summed E-state index contributed by atoms with van der Waals surface area (Å²) < 4.78 is 26.8. The van der Waals surface area contributed by atoms with Crippen LogP contribution in [0.1, 0.15) is 63.1 Å². The monoisotopic (exact) mass is 503 g/mol. The number of aromatic hydroxyl groups is 1. The van der Waals surface area contributed by atoms with Gasteiger partial charge < -0.3 is 15.7 Å². The number of phenols is 1. The standard InChI is InChI=1S/C27H41N3O4S/c1-5-16-30(17-6-2)35(33,34)18-15-25(31)29-24(7-3)19-23-14-13-21(4)26(27(23)32)28-20-22-11-9-8-10-12-22/h8-14,24,28,32H,5-7,15-20H2,1-4H3,(H,29,31)/t24-/m0/s1. The molecule has 1 amide bonds. The average molecular weight is 504 g/mol. The van der Waals surface area contributed by atoms with Crippen LogP contribution in [0, 0.1) is 6.92 Å². The molecule has 194 valence electrons. The Kier molecular flexibility index (Phi) is 11.5. The summed E-state index contributed by atoms with van der Waals surface area (Å²) in [5.41, 5.74) is 3.48. The number of nitrogens with one attached hydrogen (secondary N) is 2. The molecule has 7 nitrogen and oxygen atoms in total. The molecule has 0 aliphatic carbocycles. The van der Waals surface area contributed by atoms with Crippen molar-refractivity contribution in [2.24, 2.45) is 0 Å². The number of hydrogen-bond donors (Lipinski definition) is 3. The summed E-state index contributed by atoms with van der Waals surface area (Å²) in [6, 6.07) is 13.6. The lowest BCUT2D eigenvalue weighted by molar-refractivity contribution is -0.121. The van der Waals surface area contributed by atoms with Gasteiger partial charge in [0.05, 0.1) is 11.4 Å². The lowest BCUT2D eigenvalue weighted by Gasteiger charge is -2.22. The van der Waals surface area contributed by atoms with E-state index in [-0.39, 0.29) is 29.9 Å². The second kappa shape index (κ2) is 14.1. The summed E-state index contributed by atoms with van der Waals surface area (Å²) in [6.07, 6.45) is 2.53. The summed E-state index contributed by atoms with van der Waals surface area (Å²) in [5.74, 6) is -0.299. The van der Waals surface area contributed by atoms with Gasteiger partial charge in [-0.3, -0.25) is 4.79 Å². The number of nitrogens with zero attached hydrogens (tertiary/aromatic N) is 1. The first-order valence-corrected chi connectivity index (χ1v) is 14.2. The van der Waals surface area contributed by atoms with Crippen molar-refractivity contribution < 1.29 is 18.3 Å². The van der Waals surface area contributed by atoms with Crippen molar-refractivity contribution in [3.8, 4) is 5.75 Å². The summed E-state index contributed by atoms with van der Waals surface area (Å²) in [4.78, 5) is 12.6. The molecule has 0 fully saturated rings. The molecule has 2 aromatic rings. The topological polar surface area (TPSA) is 98.7 Å². The van der Waals surface area contributed by atoms with Gasteiger partial charge in [0, 0.05) is 32.1 Å². The van der Waals surface area contributed by atoms with Crippen LogP contribution in [0.5, 0.6) is 5.75 Å². The van der Waals surface area contributed by atoms with E-state index in [2.05, 4.69) is 10.6 Å².